The van der Waals surface area contributed by atoms with Gasteiger partial charge in [0.2, 0.25) is 4.77 Å². The molecule has 0 radical (unpaired) electrons. The number of halogens is 2. The standard InChI is InChI=1S/C16H10Cl2N4O2S/c17-10-5-6-12(13(18)7-10)14-20-21-16(25)22(14)19-8-9-3-1-2-4-11(9)15(23)24/h1-8H,(H,21,25)(H,23,24)/b19-8+. The minimum absolute atomic E-state index is 0.132. The van der Waals surface area contributed by atoms with Gasteiger partial charge in [0.15, 0.2) is 5.82 Å². The summed E-state index contributed by atoms with van der Waals surface area (Å²) in [7, 11) is 0. The zero-order valence-electron chi connectivity index (χ0n) is 12.5. The normalized spacial score (nSPS) is 11.1. The maximum absolute atomic E-state index is 11.3. The van der Waals surface area contributed by atoms with Gasteiger partial charge in [-0.2, -0.15) is 14.9 Å². The first-order valence-corrected chi connectivity index (χ1v) is 8.13. The number of rotatable bonds is 4. The first kappa shape index (κ1) is 17.3. The fourth-order valence-electron chi connectivity index (χ4n) is 2.17. The SMILES string of the molecule is O=C(O)c1ccccc1/C=N/n1c(-c2ccc(Cl)cc2Cl)n[nH]c1=S. The van der Waals surface area contributed by atoms with Gasteiger partial charge in [0, 0.05) is 16.1 Å². The number of carboxylic acid groups (broad SMARTS) is 1. The van der Waals surface area contributed by atoms with Crippen molar-refractivity contribution >= 4 is 47.6 Å². The Balaban J connectivity index is 2.07. The van der Waals surface area contributed by atoms with Gasteiger partial charge in [0.1, 0.15) is 0 Å². The molecule has 6 nitrogen and oxygen atoms in total. The quantitative estimate of drug-likeness (QED) is 0.505. The van der Waals surface area contributed by atoms with Crippen LogP contribution in [0.25, 0.3) is 11.4 Å². The lowest BCUT2D eigenvalue weighted by molar-refractivity contribution is 0.0697. The minimum Gasteiger partial charge on any atom is -0.478 e. The Morgan fingerprint density at radius 3 is 2.76 bits per heavy atom. The van der Waals surface area contributed by atoms with E-state index in [1.807, 2.05) is 0 Å². The minimum atomic E-state index is -1.04. The lowest BCUT2D eigenvalue weighted by Crippen LogP contribution is -2.02. The highest BCUT2D eigenvalue weighted by molar-refractivity contribution is 7.71. The van der Waals surface area contributed by atoms with Crippen molar-refractivity contribution < 1.29 is 9.90 Å². The number of aromatic nitrogens is 3. The van der Waals surface area contributed by atoms with Crippen LogP contribution < -0.4 is 0 Å². The van der Waals surface area contributed by atoms with Crippen LogP contribution in [0.1, 0.15) is 15.9 Å². The van der Waals surface area contributed by atoms with Gasteiger partial charge in [0.25, 0.3) is 0 Å². The summed E-state index contributed by atoms with van der Waals surface area (Å²) in [5.41, 5.74) is 1.15. The third-order valence-electron chi connectivity index (χ3n) is 3.33. The third kappa shape index (κ3) is 3.63. The van der Waals surface area contributed by atoms with Crippen LogP contribution in [0, 0.1) is 4.77 Å². The number of carbonyl (C=O) groups is 1. The largest absolute Gasteiger partial charge is 0.478 e. The Bertz CT molecular complexity index is 1040. The molecule has 0 bridgehead atoms. The van der Waals surface area contributed by atoms with Crippen LogP contribution >= 0.6 is 35.4 Å². The number of nitrogens with zero attached hydrogens (tertiary/aromatic N) is 3. The Morgan fingerprint density at radius 2 is 2.04 bits per heavy atom. The molecule has 0 amide bonds. The van der Waals surface area contributed by atoms with Gasteiger partial charge in [0.05, 0.1) is 16.8 Å². The molecule has 0 aliphatic heterocycles. The van der Waals surface area contributed by atoms with E-state index in [-0.39, 0.29) is 10.3 Å². The fraction of sp³-hybridized carbons (Fsp3) is 0. The van der Waals surface area contributed by atoms with E-state index in [9.17, 15) is 9.90 Å². The van der Waals surface area contributed by atoms with Gasteiger partial charge in [-0.05, 0) is 36.5 Å². The third-order valence-corrected chi connectivity index (χ3v) is 4.14. The Kier molecular flexibility index (Phi) is 4.98. The van der Waals surface area contributed by atoms with E-state index in [0.29, 0.717) is 27.0 Å². The maximum Gasteiger partial charge on any atom is 0.336 e. The first-order chi connectivity index (χ1) is 12.0. The van der Waals surface area contributed by atoms with Gasteiger partial charge in [-0.3, -0.25) is 0 Å². The molecular weight excluding hydrogens is 383 g/mol. The molecule has 3 aromatic rings. The van der Waals surface area contributed by atoms with E-state index in [1.54, 1.807) is 36.4 Å². The van der Waals surface area contributed by atoms with E-state index < -0.39 is 5.97 Å². The molecule has 0 fully saturated rings. The highest BCUT2D eigenvalue weighted by Crippen LogP contribution is 2.29. The van der Waals surface area contributed by atoms with Crippen molar-refractivity contribution in [2.24, 2.45) is 5.10 Å². The molecule has 9 heteroatoms. The monoisotopic (exact) mass is 392 g/mol. The molecule has 0 unspecified atom stereocenters. The summed E-state index contributed by atoms with van der Waals surface area (Å²) in [4.78, 5) is 11.3. The molecule has 0 saturated heterocycles. The summed E-state index contributed by atoms with van der Waals surface area (Å²) in [5, 5.41) is 21.2. The summed E-state index contributed by atoms with van der Waals surface area (Å²) in [6.45, 7) is 0. The predicted octanol–water partition coefficient (Wildman–Crippen LogP) is 4.49. The van der Waals surface area contributed by atoms with Crippen LogP contribution in [0.3, 0.4) is 0 Å². The number of benzene rings is 2. The van der Waals surface area contributed by atoms with E-state index in [1.165, 1.54) is 17.0 Å². The lowest BCUT2D eigenvalue weighted by atomic mass is 10.1. The molecule has 1 aromatic heterocycles. The van der Waals surface area contributed by atoms with Crippen molar-refractivity contribution in [3.8, 4) is 11.4 Å². The molecule has 1 heterocycles. The second-order valence-corrected chi connectivity index (χ2v) is 6.16. The Hall–Kier alpha value is -2.48. The van der Waals surface area contributed by atoms with Crippen molar-refractivity contribution in [2.75, 3.05) is 0 Å². The smallest absolute Gasteiger partial charge is 0.336 e. The van der Waals surface area contributed by atoms with Crippen molar-refractivity contribution in [1.29, 1.82) is 0 Å². The number of carboxylic acids is 1. The van der Waals surface area contributed by atoms with Crippen LogP contribution in [0.15, 0.2) is 47.6 Å². The van der Waals surface area contributed by atoms with Crippen molar-refractivity contribution in [3.05, 3.63) is 68.4 Å². The van der Waals surface area contributed by atoms with Crippen LogP contribution in [-0.4, -0.2) is 32.2 Å². The number of H-pyrrole nitrogens is 1. The molecule has 0 atom stereocenters. The summed E-state index contributed by atoms with van der Waals surface area (Å²) >= 11 is 17.3. The van der Waals surface area contributed by atoms with Crippen molar-refractivity contribution in [2.45, 2.75) is 0 Å². The van der Waals surface area contributed by atoms with E-state index in [2.05, 4.69) is 15.3 Å². The summed E-state index contributed by atoms with van der Waals surface area (Å²) < 4.78 is 1.60. The van der Waals surface area contributed by atoms with Crippen molar-refractivity contribution in [1.82, 2.24) is 14.9 Å². The molecule has 2 aromatic carbocycles. The zero-order chi connectivity index (χ0) is 18.0. The number of aromatic carboxylic acids is 1. The highest BCUT2D eigenvalue weighted by Gasteiger charge is 2.13. The fourth-order valence-corrected chi connectivity index (χ4v) is 2.84. The zero-order valence-corrected chi connectivity index (χ0v) is 14.8. The van der Waals surface area contributed by atoms with Crippen LogP contribution in [0.5, 0.6) is 0 Å². The van der Waals surface area contributed by atoms with Gasteiger partial charge in [-0.25, -0.2) is 9.89 Å². The van der Waals surface area contributed by atoms with E-state index >= 15 is 0 Å². The number of nitrogens with one attached hydrogen (secondary N) is 1. The van der Waals surface area contributed by atoms with Crippen LogP contribution in [0.2, 0.25) is 10.0 Å². The van der Waals surface area contributed by atoms with Gasteiger partial charge >= 0.3 is 5.97 Å². The summed E-state index contributed by atoms with van der Waals surface area (Å²) in [5.74, 6) is -0.658. The number of hydrogen-bond donors (Lipinski definition) is 2. The molecule has 126 valence electrons. The van der Waals surface area contributed by atoms with Crippen LogP contribution in [-0.2, 0) is 0 Å². The average Bonchev–Trinajstić information content (AvgIpc) is 2.94. The molecule has 25 heavy (non-hydrogen) atoms. The average molecular weight is 393 g/mol. The summed E-state index contributed by atoms with van der Waals surface area (Å²) in [6.07, 6.45) is 1.40. The molecule has 0 aliphatic carbocycles. The maximum atomic E-state index is 11.3. The Morgan fingerprint density at radius 1 is 1.28 bits per heavy atom. The van der Waals surface area contributed by atoms with E-state index in [0.717, 1.165) is 0 Å². The molecule has 0 spiro atoms. The summed E-state index contributed by atoms with van der Waals surface area (Å²) in [6, 6.07) is 11.5. The second kappa shape index (κ2) is 7.18. The highest BCUT2D eigenvalue weighted by atomic mass is 35.5. The molecule has 2 N–H and O–H groups in total. The molecule has 0 aliphatic rings. The molecular formula is C16H10Cl2N4O2S. The molecule has 0 saturated carbocycles. The second-order valence-electron chi connectivity index (χ2n) is 4.93. The lowest BCUT2D eigenvalue weighted by Gasteiger charge is -2.04. The van der Waals surface area contributed by atoms with Gasteiger partial charge in [-0.15, -0.1) is 0 Å². The molecule has 3 rings (SSSR count). The van der Waals surface area contributed by atoms with Crippen LogP contribution in [0.4, 0.5) is 0 Å². The van der Waals surface area contributed by atoms with Gasteiger partial charge < -0.3 is 5.11 Å². The number of aromatic amines is 1. The predicted molar refractivity (Wildman–Crippen MR) is 99.3 cm³/mol. The topological polar surface area (TPSA) is 83.3 Å². The number of hydrogen-bond acceptors (Lipinski definition) is 4. The van der Waals surface area contributed by atoms with Crippen molar-refractivity contribution in [3.63, 3.8) is 0 Å². The van der Waals surface area contributed by atoms with Gasteiger partial charge in [-0.1, -0.05) is 41.4 Å². The van der Waals surface area contributed by atoms with E-state index in [4.69, 9.17) is 35.4 Å². The first-order valence-electron chi connectivity index (χ1n) is 6.97. The Labute approximate surface area is 157 Å².